The van der Waals surface area contributed by atoms with Crippen molar-refractivity contribution in [1.29, 1.82) is 0 Å². The van der Waals surface area contributed by atoms with Gasteiger partial charge in [0.05, 0.1) is 0 Å². The maximum Gasteiger partial charge on any atom is 0.258 e. The van der Waals surface area contributed by atoms with Crippen LogP contribution >= 0.6 is 24.0 Å². The predicted molar refractivity (Wildman–Crippen MR) is 131 cm³/mol. The molecular formula is C23H35IN4O2. The molecule has 6 nitrogen and oxygen atoms in total. The summed E-state index contributed by atoms with van der Waals surface area (Å²) in [5.74, 6) is 1.74. The Balaban J connectivity index is 0.00000256. The molecule has 2 aliphatic carbocycles. The fourth-order valence-electron chi connectivity index (χ4n) is 4.70. The number of ether oxygens (including phenoxy) is 1. The second kappa shape index (κ2) is 10.7. The number of carbonyl (C=O) groups excluding carboxylic acids is 1. The highest BCUT2D eigenvalue weighted by Gasteiger charge is 2.41. The van der Waals surface area contributed by atoms with Crippen LogP contribution in [0.4, 0.5) is 0 Å². The van der Waals surface area contributed by atoms with E-state index in [1.165, 1.54) is 37.7 Å². The second-order valence-electron chi connectivity index (χ2n) is 8.88. The maximum atomic E-state index is 11.7. The lowest BCUT2D eigenvalue weighted by molar-refractivity contribution is -0.123. The normalized spacial score (nSPS) is 20.2. The van der Waals surface area contributed by atoms with Crippen LogP contribution in [0.15, 0.2) is 29.3 Å². The molecule has 0 unspecified atom stereocenters. The van der Waals surface area contributed by atoms with Crippen LogP contribution in [-0.2, 0) is 11.2 Å². The molecule has 2 saturated carbocycles. The van der Waals surface area contributed by atoms with Crippen LogP contribution in [0.3, 0.4) is 0 Å². The van der Waals surface area contributed by atoms with Crippen molar-refractivity contribution in [2.24, 2.45) is 10.4 Å². The Morgan fingerprint density at radius 3 is 2.60 bits per heavy atom. The smallest absolute Gasteiger partial charge is 0.258 e. The fraction of sp³-hybridized carbons (Fsp3) is 0.652. The van der Waals surface area contributed by atoms with Crippen LogP contribution in [0.25, 0.3) is 0 Å². The van der Waals surface area contributed by atoms with Gasteiger partial charge in [-0.15, -0.1) is 24.0 Å². The van der Waals surface area contributed by atoms with Crippen molar-refractivity contribution in [3.8, 4) is 5.75 Å². The predicted octanol–water partition coefficient (Wildman–Crippen LogP) is 3.35. The van der Waals surface area contributed by atoms with E-state index in [4.69, 9.17) is 4.74 Å². The Labute approximate surface area is 197 Å². The summed E-state index contributed by atoms with van der Waals surface area (Å²) in [4.78, 5) is 18.6. The molecule has 1 spiro atoms. The van der Waals surface area contributed by atoms with Gasteiger partial charge in [-0.3, -0.25) is 9.79 Å². The van der Waals surface area contributed by atoms with E-state index in [1.807, 2.05) is 19.2 Å². The Morgan fingerprint density at radius 1 is 1.20 bits per heavy atom. The maximum absolute atomic E-state index is 11.7. The SMILES string of the molecule is CN=C(NCCc1ccc(OCC(=O)NC2CC2)cc1)N1CCC2(CCCC2)C1.I. The van der Waals surface area contributed by atoms with Crippen LogP contribution in [0.2, 0.25) is 0 Å². The number of guanidine groups is 1. The molecule has 1 aromatic rings. The summed E-state index contributed by atoms with van der Waals surface area (Å²) < 4.78 is 5.57. The van der Waals surface area contributed by atoms with Crippen molar-refractivity contribution in [1.82, 2.24) is 15.5 Å². The van der Waals surface area contributed by atoms with Gasteiger partial charge in [-0.2, -0.15) is 0 Å². The number of hydrogen-bond donors (Lipinski definition) is 2. The third kappa shape index (κ3) is 6.25. The molecule has 7 heteroatoms. The fourth-order valence-corrected chi connectivity index (χ4v) is 4.70. The summed E-state index contributed by atoms with van der Waals surface area (Å²) in [6.07, 6.45) is 9.99. The number of amides is 1. The number of rotatable bonds is 7. The zero-order valence-corrected chi connectivity index (χ0v) is 20.3. The molecule has 3 fully saturated rings. The topological polar surface area (TPSA) is 66.0 Å². The van der Waals surface area contributed by atoms with E-state index in [1.54, 1.807) is 0 Å². The molecule has 0 atom stereocenters. The molecule has 30 heavy (non-hydrogen) atoms. The van der Waals surface area contributed by atoms with Gasteiger partial charge < -0.3 is 20.3 Å². The van der Waals surface area contributed by atoms with Crippen molar-refractivity contribution >= 4 is 35.8 Å². The van der Waals surface area contributed by atoms with Crippen LogP contribution in [-0.4, -0.2) is 56.1 Å². The molecule has 4 rings (SSSR count). The zero-order chi connectivity index (χ0) is 20.1. The summed E-state index contributed by atoms with van der Waals surface area (Å²) in [5.41, 5.74) is 1.81. The monoisotopic (exact) mass is 526 g/mol. The molecule has 1 saturated heterocycles. The van der Waals surface area contributed by atoms with E-state index in [-0.39, 0.29) is 36.5 Å². The number of nitrogens with one attached hydrogen (secondary N) is 2. The van der Waals surface area contributed by atoms with Gasteiger partial charge in [0.2, 0.25) is 0 Å². The van der Waals surface area contributed by atoms with E-state index < -0.39 is 0 Å². The minimum Gasteiger partial charge on any atom is -0.484 e. The number of benzene rings is 1. The Bertz CT molecular complexity index is 727. The molecule has 0 aromatic heterocycles. The minimum atomic E-state index is -0.0338. The summed E-state index contributed by atoms with van der Waals surface area (Å²) >= 11 is 0. The van der Waals surface area contributed by atoms with E-state index in [0.29, 0.717) is 11.5 Å². The number of aliphatic imine (C=N–C) groups is 1. The van der Waals surface area contributed by atoms with Crippen molar-refractivity contribution in [3.05, 3.63) is 29.8 Å². The van der Waals surface area contributed by atoms with Gasteiger partial charge in [0.1, 0.15) is 5.75 Å². The van der Waals surface area contributed by atoms with Gasteiger partial charge in [-0.1, -0.05) is 25.0 Å². The summed E-state index contributed by atoms with van der Waals surface area (Å²) in [5, 5.41) is 6.47. The van der Waals surface area contributed by atoms with Crippen LogP contribution in [0.5, 0.6) is 5.75 Å². The molecule has 2 N–H and O–H groups in total. The van der Waals surface area contributed by atoms with Crippen molar-refractivity contribution in [3.63, 3.8) is 0 Å². The lowest BCUT2D eigenvalue weighted by Crippen LogP contribution is -2.41. The third-order valence-electron chi connectivity index (χ3n) is 6.55. The molecule has 1 aromatic carbocycles. The summed E-state index contributed by atoms with van der Waals surface area (Å²) in [6.45, 7) is 3.23. The average molecular weight is 526 g/mol. The highest BCUT2D eigenvalue weighted by Crippen LogP contribution is 2.45. The second-order valence-corrected chi connectivity index (χ2v) is 8.88. The van der Waals surface area contributed by atoms with Gasteiger partial charge in [-0.05, 0) is 61.6 Å². The molecule has 1 amide bonds. The standard InChI is InChI=1S/C23H34N4O2.HI/c1-24-22(27-15-13-23(17-27)11-2-3-12-23)25-14-10-18-4-8-20(9-5-18)29-16-21(28)26-19-6-7-19;/h4-5,8-9,19H,2-3,6-7,10-17H2,1H3,(H,24,25)(H,26,28);1H. The van der Waals surface area contributed by atoms with E-state index in [9.17, 15) is 4.79 Å². The average Bonchev–Trinajstić information content (AvgIpc) is 3.27. The number of nitrogens with zero attached hydrogens (tertiary/aromatic N) is 2. The molecule has 0 bridgehead atoms. The van der Waals surface area contributed by atoms with Crippen LogP contribution in [0, 0.1) is 5.41 Å². The summed E-state index contributed by atoms with van der Waals surface area (Å²) in [7, 11) is 1.88. The number of hydrogen-bond acceptors (Lipinski definition) is 3. The quantitative estimate of drug-likeness (QED) is 0.325. The Kier molecular flexibility index (Phi) is 8.25. The van der Waals surface area contributed by atoms with Gasteiger partial charge in [0.15, 0.2) is 12.6 Å². The van der Waals surface area contributed by atoms with Gasteiger partial charge in [0, 0.05) is 32.7 Å². The minimum absolute atomic E-state index is 0. The molecule has 166 valence electrons. The highest BCUT2D eigenvalue weighted by molar-refractivity contribution is 14.0. The molecule has 0 radical (unpaired) electrons. The van der Waals surface area contributed by atoms with Crippen molar-refractivity contribution in [2.75, 3.05) is 33.3 Å². The van der Waals surface area contributed by atoms with E-state index in [2.05, 4.69) is 32.7 Å². The first-order chi connectivity index (χ1) is 14.2. The van der Waals surface area contributed by atoms with E-state index >= 15 is 0 Å². The Hall–Kier alpha value is -1.51. The van der Waals surface area contributed by atoms with Gasteiger partial charge >= 0.3 is 0 Å². The zero-order valence-electron chi connectivity index (χ0n) is 18.0. The molecule has 3 aliphatic rings. The highest BCUT2D eigenvalue weighted by atomic mass is 127. The van der Waals surface area contributed by atoms with Crippen molar-refractivity contribution in [2.45, 2.75) is 57.4 Å². The first-order valence-electron chi connectivity index (χ1n) is 11.1. The molecular weight excluding hydrogens is 491 g/mol. The first kappa shape index (κ1) is 23.2. The number of likely N-dealkylation sites (tertiary alicyclic amines) is 1. The lowest BCUT2D eigenvalue weighted by Gasteiger charge is -2.26. The Morgan fingerprint density at radius 2 is 1.93 bits per heavy atom. The largest absolute Gasteiger partial charge is 0.484 e. The number of carbonyl (C=O) groups is 1. The lowest BCUT2D eigenvalue weighted by atomic mass is 9.86. The number of halogens is 1. The van der Waals surface area contributed by atoms with E-state index in [0.717, 1.165) is 50.6 Å². The molecule has 1 aliphatic heterocycles. The first-order valence-corrected chi connectivity index (χ1v) is 11.1. The van der Waals surface area contributed by atoms with Crippen molar-refractivity contribution < 1.29 is 9.53 Å². The third-order valence-corrected chi connectivity index (χ3v) is 6.55. The van der Waals surface area contributed by atoms with Crippen LogP contribution in [0.1, 0.15) is 50.5 Å². The van der Waals surface area contributed by atoms with Crippen LogP contribution < -0.4 is 15.4 Å². The summed E-state index contributed by atoms with van der Waals surface area (Å²) in [6, 6.07) is 8.41. The van der Waals surface area contributed by atoms with Gasteiger partial charge in [0.25, 0.3) is 5.91 Å². The molecule has 1 heterocycles. The van der Waals surface area contributed by atoms with Gasteiger partial charge in [-0.25, -0.2) is 0 Å².